The number of aromatic nitrogens is 3. The largest absolute Gasteiger partial charge is 0.320 e. The Kier molecular flexibility index (Phi) is 3.51. The van der Waals surface area contributed by atoms with Crippen LogP contribution in [0.15, 0.2) is 24.3 Å². The second kappa shape index (κ2) is 5.07. The summed E-state index contributed by atoms with van der Waals surface area (Å²) in [4.78, 5) is 0. The molecule has 4 heteroatoms. The Morgan fingerprint density at radius 2 is 2.19 bits per heavy atom. The first-order chi connectivity index (χ1) is 7.83. The van der Waals surface area contributed by atoms with Gasteiger partial charge in [-0.1, -0.05) is 17.3 Å². The van der Waals surface area contributed by atoms with Gasteiger partial charge in [-0.05, 0) is 45.5 Å². The first-order valence-corrected chi connectivity index (χ1v) is 5.77. The Bertz CT molecular complexity index is 449. The van der Waals surface area contributed by atoms with Crippen LogP contribution in [0.4, 0.5) is 0 Å². The summed E-state index contributed by atoms with van der Waals surface area (Å²) < 4.78 is 2.02. The van der Waals surface area contributed by atoms with Gasteiger partial charge in [-0.2, -0.15) is 0 Å². The zero-order valence-electron chi connectivity index (χ0n) is 9.85. The van der Waals surface area contributed by atoms with E-state index in [2.05, 4.69) is 28.6 Å². The fraction of sp³-hybridized carbons (Fsp3) is 0.500. The van der Waals surface area contributed by atoms with E-state index in [9.17, 15) is 0 Å². The van der Waals surface area contributed by atoms with Crippen LogP contribution in [0, 0.1) is 0 Å². The van der Waals surface area contributed by atoms with Crippen LogP contribution in [0.25, 0.3) is 11.0 Å². The van der Waals surface area contributed by atoms with Gasteiger partial charge in [-0.25, -0.2) is 4.68 Å². The molecule has 0 amide bonds. The van der Waals surface area contributed by atoms with Crippen molar-refractivity contribution >= 4 is 11.0 Å². The molecule has 0 saturated carbocycles. The molecule has 1 unspecified atom stereocenters. The van der Waals surface area contributed by atoms with E-state index in [4.69, 9.17) is 0 Å². The van der Waals surface area contributed by atoms with Gasteiger partial charge in [0.25, 0.3) is 0 Å². The summed E-state index contributed by atoms with van der Waals surface area (Å²) in [7, 11) is 1.98. The van der Waals surface area contributed by atoms with Gasteiger partial charge in [-0.15, -0.1) is 5.10 Å². The molecule has 0 aliphatic carbocycles. The summed E-state index contributed by atoms with van der Waals surface area (Å²) in [6.45, 7) is 3.24. The first kappa shape index (κ1) is 11.1. The van der Waals surface area contributed by atoms with E-state index >= 15 is 0 Å². The monoisotopic (exact) mass is 218 g/mol. The Labute approximate surface area is 95.6 Å². The van der Waals surface area contributed by atoms with Gasteiger partial charge in [-0.3, -0.25) is 0 Å². The predicted molar refractivity (Wildman–Crippen MR) is 65.4 cm³/mol. The maximum absolute atomic E-state index is 4.22. The zero-order chi connectivity index (χ0) is 11.4. The highest BCUT2D eigenvalue weighted by molar-refractivity contribution is 5.73. The number of nitrogens with one attached hydrogen (secondary N) is 1. The van der Waals surface area contributed by atoms with Gasteiger partial charge in [0.05, 0.1) is 11.6 Å². The normalized spacial score (nSPS) is 13.1. The smallest absolute Gasteiger partial charge is 0.113 e. The summed E-state index contributed by atoms with van der Waals surface area (Å²) in [5.41, 5.74) is 2.10. The number of hydrogen-bond acceptors (Lipinski definition) is 3. The fourth-order valence-corrected chi connectivity index (χ4v) is 1.91. The first-order valence-electron chi connectivity index (χ1n) is 5.77. The molecular weight excluding hydrogens is 200 g/mol. The van der Waals surface area contributed by atoms with Crippen LogP contribution in [0.1, 0.15) is 25.8 Å². The third-order valence-electron chi connectivity index (χ3n) is 2.84. The Hall–Kier alpha value is -1.42. The van der Waals surface area contributed by atoms with Crippen molar-refractivity contribution in [3.8, 4) is 0 Å². The predicted octanol–water partition coefficient (Wildman–Crippen LogP) is 1.99. The van der Waals surface area contributed by atoms with Crippen molar-refractivity contribution in [2.24, 2.45) is 0 Å². The second-order valence-corrected chi connectivity index (χ2v) is 4.12. The van der Waals surface area contributed by atoms with E-state index in [1.807, 2.05) is 29.9 Å². The maximum Gasteiger partial charge on any atom is 0.113 e. The van der Waals surface area contributed by atoms with Crippen molar-refractivity contribution < 1.29 is 0 Å². The minimum atomic E-state index is 0.403. The lowest BCUT2D eigenvalue weighted by atomic mass is 10.2. The van der Waals surface area contributed by atoms with Crippen molar-refractivity contribution in [2.45, 2.75) is 25.8 Å². The van der Waals surface area contributed by atoms with Crippen molar-refractivity contribution in [2.75, 3.05) is 13.6 Å². The van der Waals surface area contributed by atoms with E-state index in [0.717, 1.165) is 30.4 Å². The Morgan fingerprint density at radius 1 is 1.38 bits per heavy atom. The van der Waals surface area contributed by atoms with Crippen molar-refractivity contribution in [3.63, 3.8) is 0 Å². The third kappa shape index (κ3) is 2.22. The molecule has 0 fully saturated rings. The lowest BCUT2D eigenvalue weighted by molar-refractivity contribution is 0.444. The SMILES string of the molecule is CNCCCC(C)n1nnc2ccccc21. The summed E-state index contributed by atoms with van der Waals surface area (Å²) in [5, 5.41) is 11.5. The minimum Gasteiger partial charge on any atom is -0.320 e. The summed E-state index contributed by atoms with van der Waals surface area (Å²) in [6.07, 6.45) is 2.28. The third-order valence-corrected chi connectivity index (χ3v) is 2.84. The standard InChI is InChI=1S/C12H18N4/c1-10(6-5-9-13-2)16-12-8-4-3-7-11(12)14-15-16/h3-4,7-8,10,13H,5-6,9H2,1-2H3. The molecule has 0 saturated heterocycles. The summed E-state index contributed by atoms with van der Waals surface area (Å²) in [6, 6.07) is 8.50. The topological polar surface area (TPSA) is 42.7 Å². The molecule has 0 spiro atoms. The van der Waals surface area contributed by atoms with Gasteiger partial charge in [0.15, 0.2) is 0 Å². The molecule has 0 radical (unpaired) electrons. The van der Waals surface area contributed by atoms with E-state index in [1.54, 1.807) is 0 Å². The molecule has 1 N–H and O–H groups in total. The molecule has 16 heavy (non-hydrogen) atoms. The van der Waals surface area contributed by atoms with E-state index in [0.29, 0.717) is 6.04 Å². The number of nitrogens with zero attached hydrogens (tertiary/aromatic N) is 3. The van der Waals surface area contributed by atoms with Crippen LogP contribution < -0.4 is 5.32 Å². The molecule has 1 atom stereocenters. The second-order valence-electron chi connectivity index (χ2n) is 4.12. The highest BCUT2D eigenvalue weighted by atomic mass is 15.4. The van der Waals surface area contributed by atoms with Crippen molar-refractivity contribution in [1.82, 2.24) is 20.3 Å². The number of fused-ring (bicyclic) bond motifs is 1. The van der Waals surface area contributed by atoms with Crippen molar-refractivity contribution in [3.05, 3.63) is 24.3 Å². The number of benzene rings is 1. The molecule has 2 rings (SSSR count). The van der Waals surface area contributed by atoms with Crippen LogP contribution in [-0.2, 0) is 0 Å². The molecule has 0 aliphatic heterocycles. The Balaban J connectivity index is 2.13. The summed E-state index contributed by atoms with van der Waals surface area (Å²) in [5.74, 6) is 0. The maximum atomic E-state index is 4.22. The molecule has 86 valence electrons. The molecule has 2 aromatic rings. The van der Waals surface area contributed by atoms with Gasteiger partial charge in [0.1, 0.15) is 5.52 Å². The van der Waals surface area contributed by atoms with Crippen LogP contribution in [-0.4, -0.2) is 28.6 Å². The fourth-order valence-electron chi connectivity index (χ4n) is 1.91. The van der Waals surface area contributed by atoms with Crippen LogP contribution in [0.2, 0.25) is 0 Å². The summed E-state index contributed by atoms with van der Waals surface area (Å²) >= 11 is 0. The molecule has 4 nitrogen and oxygen atoms in total. The molecule has 1 aromatic heterocycles. The molecule has 1 aromatic carbocycles. The van der Waals surface area contributed by atoms with Crippen LogP contribution in [0.5, 0.6) is 0 Å². The lowest BCUT2D eigenvalue weighted by Crippen LogP contribution is -2.12. The van der Waals surface area contributed by atoms with E-state index < -0.39 is 0 Å². The number of hydrogen-bond donors (Lipinski definition) is 1. The van der Waals surface area contributed by atoms with E-state index in [-0.39, 0.29) is 0 Å². The van der Waals surface area contributed by atoms with Crippen LogP contribution >= 0.6 is 0 Å². The van der Waals surface area contributed by atoms with E-state index in [1.165, 1.54) is 0 Å². The van der Waals surface area contributed by atoms with Crippen LogP contribution in [0.3, 0.4) is 0 Å². The highest BCUT2D eigenvalue weighted by Gasteiger charge is 2.09. The molecule has 0 bridgehead atoms. The average Bonchev–Trinajstić information content (AvgIpc) is 2.73. The molecule has 0 aliphatic rings. The van der Waals surface area contributed by atoms with Gasteiger partial charge >= 0.3 is 0 Å². The van der Waals surface area contributed by atoms with Gasteiger partial charge in [0.2, 0.25) is 0 Å². The molecular formula is C12H18N4. The minimum absolute atomic E-state index is 0.403. The zero-order valence-corrected chi connectivity index (χ0v) is 9.85. The Morgan fingerprint density at radius 3 is 3.00 bits per heavy atom. The quantitative estimate of drug-likeness (QED) is 0.780. The highest BCUT2D eigenvalue weighted by Crippen LogP contribution is 2.18. The van der Waals surface area contributed by atoms with Crippen molar-refractivity contribution in [1.29, 1.82) is 0 Å². The number of rotatable bonds is 5. The van der Waals surface area contributed by atoms with Gasteiger partial charge in [0, 0.05) is 0 Å². The van der Waals surface area contributed by atoms with Gasteiger partial charge < -0.3 is 5.32 Å². The average molecular weight is 218 g/mol. The lowest BCUT2D eigenvalue weighted by Gasteiger charge is -2.11. The number of para-hydroxylation sites is 1. The molecule has 1 heterocycles.